The molecule has 6 nitrogen and oxygen atoms in total. The number of aromatic nitrogens is 2. The molecule has 0 atom stereocenters. The van der Waals surface area contributed by atoms with E-state index in [4.69, 9.17) is 0 Å². The molecule has 0 unspecified atom stereocenters. The summed E-state index contributed by atoms with van der Waals surface area (Å²) in [6.45, 7) is 1.81. The van der Waals surface area contributed by atoms with E-state index in [2.05, 4.69) is 20.7 Å². The van der Waals surface area contributed by atoms with Crippen LogP contribution in [0, 0.1) is 6.92 Å². The maximum absolute atomic E-state index is 11.8. The van der Waals surface area contributed by atoms with Crippen molar-refractivity contribution in [1.29, 1.82) is 0 Å². The van der Waals surface area contributed by atoms with Crippen molar-refractivity contribution < 1.29 is 9.90 Å². The van der Waals surface area contributed by atoms with Gasteiger partial charge >= 0.3 is 0 Å². The van der Waals surface area contributed by atoms with E-state index in [0.717, 1.165) is 16.5 Å². The minimum atomic E-state index is -0.416. The van der Waals surface area contributed by atoms with Gasteiger partial charge in [0.25, 0.3) is 5.91 Å². The van der Waals surface area contributed by atoms with Crippen LogP contribution in [0.5, 0.6) is 5.75 Å². The summed E-state index contributed by atoms with van der Waals surface area (Å²) in [7, 11) is 0. The largest absolute Gasteiger partial charge is 0.507 e. The Labute approximate surface area is 126 Å². The number of fused-ring (bicyclic) bond motifs is 1. The second kappa shape index (κ2) is 5.69. The van der Waals surface area contributed by atoms with E-state index < -0.39 is 5.91 Å². The quantitative estimate of drug-likeness (QED) is 0.511. The third-order valence-electron chi connectivity index (χ3n) is 3.25. The molecule has 3 rings (SSSR count). The van der Waals surface area contributed by atoms with Crippen molar-refractivity contribution in [3.8, 4) is 5.75 Å². The van der Waals surface area contributed by atoms with E-state index in [1.165, 1.54) is 6.21 Å². The number of aryl methyl sites for hydroxylation is 1. The monoisotopic (exact) mass is 294 g/mol. The number of phenolic OH excluding ortho intramolecular Hbond substituents is 1. The fourth-order valence-electron chi connectivity index (χ4n) is 2.17. The highest BCUT2D eigenvalue weighted by Crippen LogP contribution is 2.25. The molecule has 0 radical (unpaired) electrons. The summed E-state index contributed by atoms with van der Waals surface area (Å²) in [4.78, 5) is 11.8. The second-order valence-electron chi connectivity index (χ2n) is 4.85. The smallest absolute Gasteiger partial charge is 0.291 e. The average Bonchev–Trinajstić information content (AvgIpc) is 2.96. The Balaban J connectivity index is 1.84. The van der Waals surface area contributed by atoms with Gasteiger partial charge in [-0.15, -0.1) is 0 Å². The van der Waals surface area contributed by atoms with Gasteiger partial charge in [-0.1, -0.05) is 30.3 Å². The van der Waals surface area contributed by atoms with Crippen molar-refractivity contribution in [2.75, 3.05) is 0 Å². The number of rotatable bonds is 3. The highest BCUT2D eigenvalue weighted by molar-refractivity contribution is 6.03. The predicted octanol–water partition coefficient (Wildman–Crippen LogP) is 2.34. The van der Waals surface area contributed by atoms with E-state index in [1.807, 2.05) is 30.3 Å². The lowest BCUT2D eigenvalue weighted by molar-refractivity contribution is 0.0950. The number of nitrogens with zero attached hydrogens (tertiary/aromatic N) is 2. The highest BCUT2D eigenvalue weighted by atomic mass is 16.3. The van der Waals surface area contributed by atoms with Crippen LogP contribution in [0.1, 0.15) is 21.7 Å². The van der Waals surface area contributed by atoms with E-state index >= 15 is 0 Å². The molecule has 3 aromatic rings. The number of benzene rings is 2. The van der Waals surface area contributed by atoms with Crippen molar-refractivity contribution in [2.24, 2.45) is 5.10 Å². The van der Waals surface area contributed by atoms with Gasteiger partial charge in [0.1, 0.15) is 5.75 Å². The molecular formula is C16H14N4O2. The Hall–Kier alpha value is -3.15. The van der Waals surface area contributed by atoms with Crippen LogP contribution in [-0.2, 0) is 0 Å². The lowest BCUT2D eigenvalue weighted by atomic mass is 10.0. The molecule has 0 aliphatic carbocycles. The molecular weight excluding hydrogens is 280 g/mol. The van der Waals surface area contributed by atoms with Crippen molar-refractivity contribution >= 4 is 22.9 Å². The lowest BCUT2D eigenvalue weighted by Gasteiger charge is -2.04. The summed E-state index contributed by atoms with van der Waals surface area (Å²) >= 11 is 0. The third-order valence-corrected chi connectivity index (χ3v) is 3.25. The first-order chi connectivity index (χ1) is 10.6. The van der Waals surface area contributed by atoms with Crippen molar-refractivity contribution in [1.82, 2.24) is 15.6 Å². The number of phenols is 1. The van der Waals surface area contributed by atoms with Gasteiger partial charge in [0.05, 0.1) is 6.21 Å². The fraction of sp³-hybridized carbons (Fsp3) is 0.0625. The zero-order chi connectivity index (χ0) is 15.5. The molecule has 22 heavy (non-hydrogen) atoms. The number of hydrogen-bond acceptors (Lipinski definition) is 4. The van der Waals surface area contributed by atoms with Crippen molar-refractivity contribution in [3.63, 3.8) is 0 Å². The van der Waals surface area contributed by atoms with Gasteiger partial charge in [-0.3, -0.25) is 9.89 Å². The number of H-pyrrole nitrogens is 1. The zero-order valence-corrected chi connectivity index (χ0v) is 11.9. The topological polar surface area (TPSA) is 90.4 Å². The molecule has 0 saturated heterocycles. The molecule has 1 heterocycles. The van der Waals surface area contributed by atoms with Gasteiger partial charge in [0, 0.05) is 11.3 Å². The van der Waals surface area contributed by atoms with Crippen LogP contribution in [0.4, 0.5) is 0 Å². The molecule has 0 fully saturated rings. The summed E-state index contributed by atoms with van der Waals surface area (Å²) in [5.41, 5.74) is 4.00. The van der Waals surface area contributed by atoms with Crippen LogP contribution in [0.2, 0.25) is 0 Å². The number of amides is 1. The van der Waals surface area contributed by atoms with Gasteiger partial charge in [-0.2, -0.15) is 10.2 Å². The number of hydrazone groups is 1. The van der Waals surface area contributed by atoms with Crippen LogP contribution in [0.3, 0.4) is 0 Å². The second-order valence-corrected chi connectivity index (χ2v) is 4.85. The zero-order valence-electron chi connectivity index (χ0n) is 11.9. The summed E-state index contributed by atoms with van der Waals surface area (Å²) in [5, 5.41) is 22.2. The molecule has 2 aromatic carbocycles. The maximum atomic E-state index is 11.8. The summed E-state index contributed by atoms with van der Waals surface area (Å²) < 4.78 is 0. The number of carbonyl (C=O) groups is 1. The number of aromatic amines is 1. The van der Waals surface area contributed by atoms with Crippen LogP contribution in [-0.4, -0.2) is 27.4 Å². The Morgan fingerprint density at radius 1 is 1.32 bits per heavy atom. The molecule has 0 aliphatic rings. The van der Waals surface area contributed by atoms with E-state index in [9.17, 15) is 9.90 Å². The molecule has 0 spiro atoms. The number of carbonyl (C=O) groups excluding carboxylic acids is 1. The van der Waals surface area contributed by atoms with Crippen LogP contribution in [0.15, 0.2) is 47.6 Å². The number of hydrogen-bond donors (Lipinski definition) is 3. The van der Waals surface area contributed by atoms with Gasteiger partial charge in [0.15, 0.2) is 5.69 Å². The first-order valence-electron chi connectivity index (χ1n) is 6.71. The maximum Gasteiger partial charge on any atom is 0.291 e. The van der Waals surface area contributed by atoms with E-state index in [-0.39, 0.29) is 11.4 Å². The third kappa shape index (κ3) is 2.67. The van der Waals surface area contributed by atoms with Crippen LogP contribution in [0.25, 0.3) is 10.8 Å². The molecule has 3 N–H and O–H groups in total. The fourth-order valence-corrected chi connectivity index (χ4v) is 2.17. The van der Waals surface area contributed by atoms with Gasteiger partial charge in [0.2, 0.25) is 0 Å². The lowest BCUT2D eigenvalue weighted by Crippen LogP contribution is -2.18. The Bertz CT molecular complexity index is 867. The van der Waals surface area contributed by atoms with E-state index in [0.29, 0.717) is 5.56 Å². The normalized spacial score (nSPS) is 11.1. The first kappa shape index (κ1) is 13.8. The van der Waals surface area contributed by atoms with Gasteiger partial charge in [-0.25, -0.2) is 5.43 Å². The van der Waals surface area contributed by atoms with Crippen molar-refractivity contribution in [3.05, 3.63) is 59.4 Å². The Kier molecular flexibility index (Phi) is 3.57. The van der Waals surface area contributed by atoms with Crippen LogP contribution >= 0.6 is 0 Å². The predicted molar refractivity (Wildman–Crippen MR) is 84.0 cm³/mol. The van der Waals surface area contributed by atoms with Gasteiger partial charge < -0.3 is 5.11 Å². The summed E-state index contributed by atoms with van der Waals surface area (Å²) in [5.74, 6) is -0.312. The Morgan fingerprint density at radius 2 is 2.14 bits per heavy atom. The number of nitrogens with one attached hydrogen (secondary N) is 2. The highest BCUT2D eigenvalue weighted by Gasteiger charge is 2.08. The van der Waals surface area contributed by atoms with Gasteiger partial charge in [-0.05, 0) is 29.8 Å². The van der Waals surface area contributed by atoms with Crippen molar-refractivity contribution in [2.45, 2.75) is 6.92 Å². The van der Waals surface area contributed by atoms with E-state index in [1.54, 1.807) is 19.1 Å². The molecule has 1 aromatic heterocycles. The standard InChI is InChI=1S/C16H14N4O2/c1-10-8-14(19-18-10)16(22)20-17-9-13-12-5-3-2-4-11(12)6-7-15(13)21/h2-9,21H,1H3,(H,18,19)(H,20,22)/b17-9-. The molecule has 0 bridgehead atoms. The SMILES string of the molecule is Cc1cc(C(=O)N/N=C\c2c(O)ccc3ccccc23)n[nH]1. The molecule has 1 amide bonds. The molecule has 0 saturated carbocycles. The average molecular weight is 294 g/mol. The van der Waals surface area contributed by atoms with Crippen LogP contribution < -0.4 is 5.43 Å². The summed E-state index contributed by atoms with van der Waals surface area (Å²) in [6, 6.07) is 12.7. The minimum Gasteiger partial charge on any atom is -0.507 e. The minimum absolute atomic E-state index is 0.104. The molecule has 6 heteroatoms. The molecule has 110 valence electrons. The first-order valence-corrected chi connectivity index (χ1v) is 6.71. The Morgan fingerprint density at radius 3 is 2.91 bits per heavy atom. The molecule has 0 aliphatic heterocycles. The number of aromatic hydroxyl groups is 1. The summed E-state index contributed by atoms with van der Waals surface area (Å²) in [6.07, 6.45) is 1.43.